The Labute approximate surface area is 89.3 Å². The Balaban J connectivity index is 3.02. The molecule has 0 heterocycles. The standard InChI is InChI=1S/C13H26O/c1-4-12(2)10-8-6-5-7-9-11-13(3)14/h12H,4-11H2,1-3H3/t12-/m0/s1. The Morgan fingerprint density at radius 2 is 1.64 bits per heavy atom. The summed E-state index contributed by atoms with van der Waals surface area (Å²) in [7, 11) is 0. The molecule has 0 N–H and O–H groups in total. The van der Waals surface area contributed by atoms with E-state index in [0.717, 1.165) is 18.8 Å². The zero-order valence-electron chi connectivity index (χ0n) is 10.1. The molecular formula is C13H26O. The molecule has 0 fully saturated rings. The summed E-state index contributed by atoms with van der Waals surface area (Å²) in [5, 5.41) is 0. The van der Waals surface area contributed by atoms with Gasteiger partial charge in [-0.2, -0.15) is 0 Å². The molecule has 0 aliphatic carbocycles. The summed E-state index contributed by atoms with van der Waals surface area (Å²) < 4.78 is 0. The molecule has 0 saturated carbocycles. The lowest BCUT2D eigenvalue weighted by atomic mass is 10.00. The van der Waals surface area contributed by atoms with Gasteiger partial charge >= 0.3 is 0 Å². The second-order valence-electron chi connectivity index (χ2n) is 4.52. The largest absolute Gasteiger partial charge is 0.300 e. The topological polar surface area (TPSA) is 17.1 Å². The van der Waals surface area contributed by atoms with Crippen LogP contribution in [0.2, 0.25) is 0 Å². The molecule has 0 aliphatic rings. The van der Waals surface area contributed by atoms with Gasteiger partial charge in [-0.1, -0.05) is 52.4 Å². The van der Waals surface area contributed by atoms with Crippen molar-refractivity contribution in [3.63, 3.8) is 0 Å². The Morgan fingerprint density at radius 1 is 1.07 bits per heavy atom. The lowest BCUT2D eigenvalue weighted by Crippen LogP contribution is -1.92. The number of rotatable bonds is 9. The highest BCUT2D eigenvalue weighted by Gasteiger charge is 1.98. The summed E-state index contributed by atoms with van der Waals surface area (Å²) in [6.45, 7) is 6.27. The lowest BCUT2D eigenvalue weighted by molar-refractivity contribution is -0.117. The van der Waals surface area contributed by atoms with E-state index in [0.29, 0.717) is 5.78 Å². The van der Waals surface area contributed by atoms with Gasteiger partial charge in [-0.25, -0.2) is 0 Å². The lowest BCUT2D eigenvalue weighted by Gasteiger charge is -2.07. The number of hydrogen-bond donors (Lipinski definition) is 0. The monoisotopic (exact) mass is 198 g/mol. The molecular weight excluding hydrogens is 172 g/mol. The number of hydrogen-bond acceptors (Lipinski definition) is 1. The third-order valence-electron chi connectivity index (χ3n) is 2.92. The average Bonchev–Trinajstić information content (AvgIpc) is 2.15. The number of ketones is 1. The quantitative estimate of drug-likeness (QED) is 0.503. The molecule has 0 aliphatic heterocycles. The highest BCUT2D eigenvalue weighted by atomic mass is 16.1. The van der Waals surface area contributed by atoms with E-state index in [4.69, 9.17) is 0 Å². The van der Waals surface area contributed by atoms with Crippen LogP contribution in [0.4, 0.5) is 0 Å². The Morgan fingerprint density at radius 3 is 2.21 bits per heavy atom. The smallest absolute Gasteiger partial charge is 0.129 e. The van der Waals surface area contributed by atoms with Gasteiger partial charge < -0.3 is 4.79 Å². The third-order valence-corrected chi connectivity index (χ3v) is 2.92. The van der Waals surface area contributed by atoms with Crippen molar-refractivity contribution in [3.05, 3.63) is 0 Å². The van der Waals surface area contributed by atoms with Crippen LogP contribution in [0, 0.1) is 5.92 Å². The molecule has 84 valence electrons. The van der Waals surface area contributed by atoms with Crippen molar-refractivity contribution in [2.24, 2.45) is 5.92 Å². The predicted octanol–water partition coefficient (Wildman–Crippen LogP) is 4.35. The van der Waals surface area contributed by atoms with E-state index in [1.54, 1.807) is 6.92 Å². The Hall–Kier alpha value is -0.330. The van der Waals surface area contributed by atoms with Gasteiger partial charge in [-0.3, -0.25) is 0 Å². The molecule has 0 aromatic rings. The van der Waals surface area contributed by atoms with Crippen molar-refractivity contribution in [2.45, 2.75) is 72.1 Å². The van der Waals surface area contributed by atoms with Gasteiger partial charge in [-0.15, -0.1) is 0 Å². The van der Waals surface area contributed by atoms with Crippen molar-refractivity contribution in [2.75, 3.05) is 0 Å². The van der Waals surface area contributed by atoms with Crippen LogP contribution in [-0.2, 0) is 4.79 Å². The van der Waals surface area contributed by atoms with Gasteiger partial charge in [0.2, 0.25) is 0 Å². The van der Waals surface area contributed by atoms with Crippen molar-refractivity contribution in [3.8, 4) is 0 Å². The van der Waals surface area contributed by atoms with E-state index in [1.165, 1.54) is 38.5 Å². The van der Waals surface area contributed by atoms with Gasteiger partial charge in [0.1, 0.15) is 5.78 Å². The molecule has 0 spiro atoms. The van der Waals surface area contributed by atoms with Crippen LogP contribution in [0.25, 0.3) is 0 Å². The van der Waals surface area contributed by atoms with Gasteiger partial charge in [0, 0.05) is 6.42 Å². The van der Waals surface area contributed by atoms with Gasteiger partial charge in [0.15, 0.2) is 0 Å². The van der Waals surface area contributed by atoms with Gasteiger partial charge in [0.25, 0.3) is 0 Å². The highest BCUT2D eigenvalue weighted by Crippen LogP contribution is 2.13. The second-order valence-corrected chi connectivity index (χ2v) is 4.52. The van der Waals surface area contributed by atoms with Crippen molar-refractivity contribution < 1.29 is 4.79 Å². The van der Waals surface area contributed by atoms with E-state index >= 15 is 0 Å². The van der Waals surface area contributed by atoms with Crippen LogP contribution in [0.15, 0.2) is 0 Å². The van der Waals surface area contributed by atoms with Crippen LogP contribution >= 0.6 is 0 Å². The molecule has 0 saturated heterocycles. The summed E-state index contributed by atoms with van der Waals surface area (Å²) in [6.07, 6.45) is 9.83. The van der Waals surface area contributed by atoms with Crippen LogP contribution in [0.3, 0.4) is 0 Å². The SMILES string of the molecule is CC[C@H](C)CCCCCCCC(C)=O. The van der Waals surface area contributed by atoms with Gasteiger partial charge in [0.05, 0.1) is 0 Å². The summed E-state index contributed by atoms with van der Waals surface area (Å²) in [5.74, 6) is 1.23. The maximum atomic E-state index is 10.7. The van der Waals surface area contributed by atoms with Crippen LogP contribution in [0.1, 0.15) is 72.1 Å². The second kappa shape index (κ2) is 9.23. The molecule has 0 aromatic heterocycles. The fourth-order valence-electron chi connectivity index (χ4n) is 1.60. The first kappa shape index (κ1) is 13.7. The molecule has 1 nitrogen and oxygen atoms in total. The summed E-state index contributed by atoms with van der Waals surface area (Å²) in [5.41, 5.74) is 0. The van der Waals surface area contributed by atoms with Crippen molar-refractivity contribution in [1.29, 1.82) is 0 Å². The molecule has 14 heavy (non-hydrogen) atoms. The molecule has 0 radical (unpaired) electrons. The van der Waals surface area contributed by atoms with E-state index in [9.17, 15) is 4.79 Å². The minimum absolute atomic E-state index is 0.338. The van der Waals surface area contributed by atoms with Crippen LogP contribution in [0.5, 0.6) is 0 Å². The van der Waals surface area contributed by atoms with Crippen LogP contribution in [-0.4, -0.2) is 5.78 Å². The Kier molecular flexibility index (Phi) is 9.02. The van der Waals surface area contributed by atoms with Crippen molar-refractivity contribution >= 4 is 5.78 Å². The van der Waals surface area contributed by atoms with Crippen LogP contribution < -0.4 is 0 Å². The minimum Gasteiger partial charge on any atom is -0.300 e. The minimum atomic E-state index is 0.338. The number of carbonyl (C=O) groups is 1. The normalized spacial score (nSPS) is 12.8. The average molecular weight is 198 g/mol. The molecule has 0 aromatic carbocycles. The first-order chi connectivity index (χ1) is 6.66. The zero-order valence-corrected chi connectivity index (χ0v) is 10.1. The summed E-state index contributed by atoms with van der Waals surface area (Å²) in [6, 6.07) is 0. The van der Waals surface area contributed by atoms with E-state index in [1.807, 2.05) is 0 Å². The fourth-order valence-corrected chi connectivity index (χ4v) is 1.60. The number of unbranched alkanes of at least 4 members (excludes halogenated alkanes) is 4. The molecule has 1 atom stereocenters. The number of Topliss-reactive ketones (excluding diaryl/α,β-unsaturated/α-hetero) is 1. The fraction of sp³-hybridized carbons (Fsp3) is 0.923. The highest BCUT2D eigenvalue weighted by molar-refractivity contribution is 5.75. The maximum absolute atomic E-state index is 10.7. The molecule has 0 bridgehead atoms. The predicted molar refractivity (Wildman–Crippen MR) is 62.5 cm³/mol. The third kappa shape index (κ3) is 9.76. The molecule has 0 unspecified atom stereocenters. The molecule has 1 heteroatoms. The zero-order chi connectivity index (χ0) is 10.8. The molecule has 0 rings (SSSR count). The first-order valence-corrected chi connectivity index (χ1v) is 6.16. The summed E-state index contributed by atoms with van der Waals surface area (Å²) >= 11 is 0. The van der Waals surface area contributed by atoms with E-state index in [2.05, 4.69) is 13.8 Å². The van der Waals surface area contributed by atoms with E-state index in [-0.39, 0.29) is 0 Å². The maximum Gasteiger partial charge on any atom is 0.129 e. The number of carbonyl (C=O) groups excluding carboxylic acids is 1. The Bertz CT molecular complexity index is 140. The van der Waals surface area contributed by atoms with Crippen molar-refractivity contribution in [1.82, 2.24) is 0 Å². The van der Waals surface area contributed by atoms with E-state index < -0.39 is 0 Å². The molecule has 0 amide bonds. The summed E-state index contributed by atoms with van der Waals surface area (Å²) in [4.78, 5) is 10.7. The van der Waals surface area contributed by atoms with Gasteiger partial charge in [-0.05, 0) is 19.3 Å². The first-order valence-electron chi connectivity index (χ1n) is 6.16.